The highest BCUT2D eigenvalue weighted by Gasteiger charge is 2.31. The fraction of sp³-hybridized carbons (Fsp3) is 0.0714. The number of nitrogens with one attached hydrogen (secondary N) is 1. The monoisotopic (exact) mass is 313 g/mol. The lowest BCUT2D eigenvalue weighted by atomic mass is 10.2. The van der Waals surface area contributed by atoms with E-state index in [4.69, 9.17) is 16.0 Å². The van der Waals surface area contributed by atoms with Crippen LogP contribution in [-0.4, -0.2) is 4.98 Å². The largest absolute Gasteiger partial charge is 0.453 e. The average Bonchev–Trinajstić information content (AvgIpc) is 2.82. The lowest BCUT2D eigenvalue weighted by molar-refractivity contribution is -0.137. The zero-order valence-corrected chi connectivity index (χ0v) is 11.0. The van der Waals surface area contributed by atoms with Gasteiger partial charge in [0.2, 0.25) is 5.56 Å². The summed E-state index contributed by atoms with van der Waals surface area (Å²) in [6, 6.07) is 7.85. The maximum absolute atomic E-state index is 12.7. The van der Waals surface area contributed by atoms with E-state index in [9.17, 15) is 18.0 Å². The molecule has 3 aromatic rings. The minimum atomic E-state index is -4.60. The molecular formula is C14H7ClF3NO2. The van der Waals surface area contributed by atoms with E-state index in [1.54, 1.807) is 18.2 Å². The molecular weight excluding hydrogens is 307 g/mol. The van der Waals surface area contributed by atoms with Crippen LogP contribution < -0.4 is 5.56 Å². The van der Waals surface area contributed by atoms with Crippen molar-refractivity contribution in [1.29, 1.82) is 0 Å². The quantitative estimate of drug-likeness (QED) is 0.721. The van der Waals surface area contributed by atoms with Crippen LogP contribution in [0.25, 0.3) is 22.4 Å². The molecule has 0 spiro atoms. The van der Waals surface area contributed by atoms with Gasteiger partial charge >= 0.3 is 6.18 Å². The van der Waals surface area contributed by atoms with Crippen molar-refractivity contribution in [1.82, 2.24) is 4.98 Å². The summed E-state index contributed by atoms with van der Waals surface area (Å²) in [7, 11) is 0. The summed E-state index contributed by atoms with van der Waals surface area (Å²) in [6.07, 6.45) is -4.60. The molecule has 0 radical (unpaired) electrons. The zero-order chi connectivity index (χ0) is 15.2. The number of benzene rings is 1. The highest BCUT2D eigenvalue weighted by molar-refractivity contribution is 6.34. The molecule has 1 N–H and O–H groups in total. The number of aromatic amines is 1. The number of aromatic nitrogens is 1. The van der Waals surface area contributed by atoms with Crippen molar-refractivity contribution < 1.29 is 17.6 Å². The highest BCUT2D eigenvalue weighted by Crippen LogP contribution is 2.33. The van der Waals surface area contributed by atoms with Crippen LogP contribution >= 0.6 is 11.6 Å². The Kier molecular flexibility index (Phi) is 3.06. The number of hydrogen-bond donors (Lipinski definition) is 1. The Morgan fingerprint density at radius 3 is 2.57 bits per heavy atom. The Morgan fingerprint density at radius 1 is 1.14 bits per heavy atom. The molecule has 0 amide bonds. The zero-order valence-electron chi connectivity index (χ0n) is 10.3. The molecule has 0 fully saturated rings. The first kappa shape index (κ1) is 13.8. The van der Waals surface area contributed by atoms with Crippen LogP contribution in [0.4, 0.5) is 13.2 Å². The Bertz CT molecular complexity index is 880. The number of pyridine rings is 1. The molecule has 0 saturated heterocycles. The third-order valence-corrected chi connectivity index (χ3v) is 3.23. The second kappa shape index (κ2) is 4.66. The smallest absolute Gasteiger partial charge is 0.416 e. The van der Waals surface area contributed by atoms with E-state index in [1.807, 2.05) is 0 Å². The van der Waals surface area contributed by atoms with Crippen molar-refractivity contribution in [3.63, 3.8) is 0 Å². The van der Waals surface area contributed by atoms with Gasteiger partial charge in [-0.1, -0.05) is 23.7 Å². The van der Waals surface area contributed by atoms with Gasteiger partial charge in [-0.05, 0) is 18.2 Å². The van der Waals surface area contributed by atoms with Gasteiger partial charge in [0.15, 0.2) is 11.3 Å². The Morgan fingerprint density at radius 2 is 1.90 bits per heavy atom. The molecule has 0 saturated carbocycles. The molecule has 0 bridgehead atoms. The van der Waals surface area contributed by atoms with Crippen molar-refractivity contribution in [2.24, 2.45) is 0 Å². The molecule has 0 aliphatic carbocycles. The van der Waals surface area contributed by atoms with Gasteiger partial charge in [-0.25, -0.2) is 0 Å². The first-order valence-corrected chi connectivity index (χ1v) is 6.22. The van der Waals surface area contributed by atoms with Gasteiger partial charge in [0.1, 0.15) is 0 Å². The predicted octanol–water partition coefficient (Wildman–Crippen LogP) is 4.46. The molecule has 0 unspecified atom stereocenters. The topological polar surface area (TPSA) is 46.0 Å². The number of H-pyrrole nitrogens is 1. The number of hydrogen-bond acceptors (Lipinski definition) is 2. The summed E-state index contributed by atoms with van der Waals surface area (Å²) < 4.78 is 43.6. The minimum absolute atomic E-state index is 0.0536. The normalized spacial score (nSPS) is 12.0. The first-order valence-electron chi connectivity index (χ1n) is 5.84. The van der Waals surface area contributed by atoms with Crippen LogP contribution in [-0.2, 0) is 6.18 Å². The lowest BCUT2D eigenvalue weighted by Crippen LogP contribution is -2.13. The molecule has 108 valence electrons. The number of halogens is 4. The predicted molar refractivity (Wildman–Crippen MR) is 72.3 cm³/mol. The van der Waals surface area contributed by atoms with Gasteiger partial charge in [0, 0.05) is 11.5 Å². The SMILES string of the molecule is O=c1cc(C(F)(F)F)cc(-c2cc3cccc(Cl)c3o2)[nH]1. The molecule has 2 heterocycles. The number of para-hydroxylation sites is 1. The molecule has 3 nitrogen and oxygen atoms in total. The summed E-state index contributed by atoms with van der Waals surface area (Å²) in [4.78, 5) is 13.7. The van der Waals surface area contributed by atoms with Crippen molar-refractivity contribution in [3.05, 3.63) is 57.3 Å². The van der Waals surface area contributed by atoms with Gasteiger partial charge in [0.25, 0.3) is 0 Å². The molecule has 21 heavy (non-hydrogen) atoms. The Labute approximate surface area is 121 Å². The molecule has 0 aliphatic rings. The minimum Gasteiger partial charge on any atom is -0.453 e. The van der Waals surface area contributed by atoms with Crippen molar-refractivity contribution in [2.75, 3.05) is 0 Å². The summed E-state index contributed by atoms with van der Waals surface area (Å²) in [6.45, 7) is 0. The summed E-state index contributed by atoms with van der Waals surface area (Å²) in [5, 5.41) is 0.976. The molecule has 1 aromatic carbocycles. The van der Waals surface area contributed by atoms with Crippen LogP contribution in [0.15, 0.2) is 45.6 Å². The van der Waals surface area contributed by atoms with E-state index in [0.717, 1.165) is 6.07 Å². The van der Waals surface area contributed by atoms with Crippen molar-refractivity contribution in [2.45, 2.75) is 6.18 Å². The molecule has 0 aliphatic heterocycles. The molecule has 3 rings (SSSR count). The fourth-order valence-corrected chi connectivity index (χ4v) is 2.22. The van der Waals surface area contributed by atoms with Gasteiger partial charge in [-0.3, -0.25) is 4.79 Å². The number of alkyl halides is 3. The van der Waals surface area contributed by atoms with Gasteiger partial charge in [-0.2, -0.15) is 13.2 Å². The van der Waals surface area contributed by atoms with Crippen LogP contribution in [0.3, 0.4) is 0 Å². The number of rotatable bonds is 1. The van der Waals surface area contributed by atoms with E-state index in [1.165, 1.54) is 6.07 Å². The van der Waals surface area contributed by atoms with E-state index in [2.05, 4.69) is 4.98 Å². The fourth-order valence-electron chi connectivity index (χ4n) is 2.00. The van der Waals surface area contributed by atoms with Gasteiger partial charge in [-0.15, -0.1) is 0 Å². The van der Waals surface area contributed by atoms with Gasteiger partial charge in [0.05, 0.1) is 16.3 Å². The van der Waals surface area contributed by atoms with Crippen molar-refractivity contribution >= 4 is 22.6 Å². The lowest BCUT2D eigenvalue weighted by Gasteiger charge is -2.06. The summed E-state index contributed by atoms with van der Waals surface area (Å²) >= 11 is 5.95. The first-order chi connectivity index (χ1) is 9.84. The van der Waals surface area contributed by atoms with E-state index < -0.39 is 17.3 Å². The van der Waals surface area contributed by atoms with Crippen LogP contribution in [0.5, 0.6) is 0 Å². The summed E-state index contributed by atoms with van der Waals surface area (Å²) in [5.41, 5.74) is -1.59. The standard InChI is InChI=1S/C14H7ClF3NO2/c15-9-3-1-2-7-4-11(21-13(7)9)10-5-8(14(16,17)18)6-12(20)19-10/h1-6H,(H,19,20). The van der Waals surface area contributed by atoms with E-state index in [0.29, 0.717) is 22.1 Å². The number of furan rings is 1. The van der Waals surface area contributed by atoms with Crippen LogP contribution in [0.1, 0.15) is 5.56 Å². The second-order valence-electron chi connectivity index (χ2n) is 4.41. The van der Waals surface area contributed by atoms with E-state index in [-0.39, 0.29) is 11.5 Å². The maximum atomic E-state index is 12.7. The molecule has 2 aromatic heterocycles. The summed E-state index contributed by atoms with van der Waals surface area (Å²) in [5.74, 6) is 0.112. The Balaban J connectivity index is 2.21. The van der Waals surface area contributed by atoms with Crippen LogP contribution in [0.2, 0.25) is 5.02 Å². The van der Waals surface area contributed by atoms with E-state index >= 15 is 0 Å². The molecule has 0 atom stereocenters. The average molecular weight is 314 g/mol. The van der Waals surface area contributed by atoms with Crippen molar-refractivity contribution in [3.8, 4) is 11.5 Å². The second-order valence-corrected chi connectivity index (χ2v) is 4.82. The van der Waals surface area contributed by atoms with Crippen LogP contribution in [0, 0.1) is 0 Å². The Hall–Kier alpha value is -2.21. The number of fused-ring (bicyclic) bond motifs is 1. The third-order valence-electron chi connectivity index (χ3n) is 2.93. The third kappa shape index (κ3) is 2.54. The molecule has 7 heteroatoms. The maximum Gasteiger partial charge on any atom is 0.416 e. The highest BCUT2D eigenvalue weighted by atomic mass is 35.5. The van der Waals surface area contributed by atoms with Gasteiger partial charge < -0.3 is 9.40 Å².